The molecular formula is C65H38N4S2. The number of thiophene rings is 2. The smallest absolute Gasteiger partial charge is 0.0730 e. The zero-order chi connectivity index (χ0) is 46.3. The van der Waals surface area contributed by atoms with Crippen LogP contribution in [0.1, 0.15) is 0 Å². The third-order valence-electron chi connectivity index (χ3n) is 14.8. The first-order valence-corrected chi connectivity index (χ1v) is 25.7. The highest BCUT2D eigenvalue weighted by Crippen LogP contribution is 2.45. The molecule has 0 atom stereocenters. The fourth-order valence-electron chi connectivity index (χ4n) is 11.7. The molecule has 10 aromatic carbocycles. The highest BCUT2D eigenvalue weighted by molar-refractivity contribution is 7.26. The number of nitrogens with zero attached hydrogens (tertiary/aromatic N) is 4. The topological polar surface area (TPSA) is 27.7 Å². The van der Waals surface area contributed by atoms with Gasteiger partial charge in [-0.1, -0.05) is 127 Å². The standard InChI is InChI=1S/C65H38N4S2/c1-7-19-55-44(13-1)45-14-2-8-20-56(45)67(55)41-27-29-42(30-28-41)68-58-22-10-4-18-50(58)64-59(68)32-31-49-46-15-3-9-21-57(46)69(65(49)64)43-37-53(39-25-33-62-51(35-39)47-16-5-11-23-60(47)70-62)66-54(38-43)40-26-34-63-52(36-40)48-17-6-12-24-61(48)71-63/h1-38H. The lowest BCUT2D eigenvalue weighted by Crippen LogP contribution is -1.99. The minimum absolute atomic E-state index is 0.939. The van der Waals surface area contributed by atoms with Gasteiger partial charge in [0.05, 0.1) is 50.2 Å². The van der Waals surface area contributed by atoms with Gasteiger partial charge in [0.2, 0.25) is 0 Å². The zero-order valence-electron chi connectivity index (χ0n) is 38.0. The van der Waals surface area contributed by atoms with Gasteiger partial charge in [0, 0.05) is 95.2 Å². The Morgan fingerprint density at radius 1 is 0.268 bits per heavy atom. The number of rotatable bonds is 5. The molecule has 16 aromatic rings. The van der Waals surface area contributed by atoms with E-state index in [4.69, 9.17) is 4.98 Å². The van der Waals surface area contributed by atoms with E-state index in [0.717, 1.165) is 50.6 Å². The van der Waals surface area contributed by atoms with Crippen molar-refractivity contribution in [2.24, 2.45) is 0 Å². The molecule has 0 bridgehead atoms. The SMILES string of the molecule is c1ccc2c(c1)sc1ccc(-c3cc(-n4c5ccccc5c5ccc6c(c7ccccc7n6-c6ccc(-n7c8ccccc8c8ccccc87)cc6)c54)cc(-c4ccc5sc6ccccc6c5c4)n3)cc12. The molecule has 0 amide bonds. The van der Waals surface area contributed by atoms with Gasteiger partial charge in [-0.25, -0.2) is 4.98 Å². The van der Waals surface area contributed by atoms with Gasteiger partial charge in [-0.2, -0.15) is 0 Å². The highest BCUT2D eigenvalue weighted by atomic mass is 32.1. The molecule has 0 fully saturated rings. The minimum atomic E-state index is 0.939. The predicted molar refractivity (Wildman–Crippen MR) is 304 cm³/mol. The normalized spacial score (nSPS) is 12.2. The van der Waals surface area contributed by atoms with E-state index in [9.17, 15) is 0 Å². The summed E-state index contributed by atoms with van der Waals surface area (Å²) in [5, 5.41) is 12.5. The number of pyridine rings is 1. The Labute approximate surface area is 414 Å². The van der Waals surface area contributed by atoms with Crippen LogP contribution in [0.4, 0.5) is 0 Å². The van der Waals surface area contributed by atoms with Crippen molar-refractivity contribution in [3.05, 3.63) is 231 Å². The first-order chi connectivity index (χ1) is 35.2. The summed E-state index contributed by atoms with van der Waals surface area (Å²) >= 11 is 3.70. The van der Waals surface area contributed by atoms with Crippen molar-refractivity contribution in [2.75, 3.05) is 0 Å². The van der Waals surface area contributed by atoms with Gasteiger partial charge in [-0.05, 0) is 103 Å². The van der Waals surface area contributed by atoms with Gasteiger partial charge in [-0.3, -0.25) is 0 Å². The number of hydrogen-bond donors (Lipinski definition) is 0. The molecular weight excluding hydrogens is 901 g/mol. The summed E-state index contributed by atoms with van der Waals surface area (Å²) in [5.41, 5.74) is 14.5. The highest BCUT2D eigenvalue weighted by Gasteiger charge is 2.23. The zero-order valence-corrected chi connectivity index (χ0v) is 39.7. The lowest BCUT2D eigenvalue weighted by atomic mass is 10.0. The van der Waals surface area contributed by atoms with Crippen LogP contribution >= 0.6 is 22.7 Å². The van der Waals surface area contributed by atoms with E-state index < -0.39 is 0 Å². The molecule has 0 radical (unpaired) electrons. The number of para-hydroxylation sites is 4. The molecule has 0 aliphatic carbocycles. The van der Waals surface area contributed by atoms with Crippen LogP contribution in [-0.2, 0) is 0 Å². The fourth-order valence-corrected chi connectivity index (χ4v) is 13.9. The predicted octanol–water partition coefficient (Wildman–Crippen LogP) is 18.4. The van der Waals surface area contributed by atoms with Gasteiger partial charge in [-0.15, -0.1) is 22.7 Å². The van der Waals surface area contributed by atoms with Crippen LogP contribution in [0.5, 0.6) is 0 Å². The van der Waals surface area contributed by atoms with Crippen molar-refractivity contribution < 1.29 is 0 Å². The number of fused-ring (bicyclic) bond motifs is 16. The van der Waals surface area contributed by atoms with Gasteiger partial charge < -0.3 is 13.7 Å². The molecule has 6 heteroatoms. The summed E-state index contributed by atoms with van der Waals surface area (Å²) in [5.74, 6) is 0. The van der Waals surface area contributed by atoms with Gasteiger partial charge in [0.15, 0.2) is 0 Å². The summed E-state index contributed by atoms with van der Waals surface area (Å²) in [6, 6.07) is 84.9. The van der Waals surface area contributed by atoms with E-state index in [0.29, 0.717) is 0 Å². The van der Waals surface area contributed by atoms with Crippen molar-refractivity contribution in [1.82, 2.24) is 18.7 Å². The average molecular weight is 939 g/mol. The van der Waals surface area contributed by atoms with Crippen LogP contribution in [0.2, 0.25) is 0 Å². The lowest BCUT2D eigenvalue weighted by molar-refractivity contribution is 1.14. The first-order valence-electron chi connectivity index (χ1n) is 24.1. The van der Waals surface area contributed by atoms with E-state index in [-0.39, 0.29) is 0 Å². The van der Waals surface area contributed by atoms with E-state index in [1.807, 2.05) is 22.7 Å². The largest absolute Gasteiger partial charge is 0.309 e. The second kappa shape index (κ2) is 14.8. The first kappa shape index (κ1) is 39.1. The molecule has 0 aliphatic rings. The third-order valence-corrected chi connectivity index (χ3v) is 17.1. The van der Waals surface area contributed by atoms with Crippen LogP contribution in [-0.4, -0.2) is 18.7 Å². The summed E-state index contributed by atoms with van der Waals surface area (Å²) in [6.07, 6.45) is 0. The van der Waals surface area contributed by atoms with E-state index >= 15 is 0 Å². The lowest BCUT2D eigenvalue weighted by Gasteiger charge is -2.14. The Balaban J connectivity index is 0.950. The molecule has 16 rings (SSSR count). The van der Waals surface area contributed by atoms with Crippen LogP contribution in [0.15, 0.2) is 231 Å². The second-order valence-corrected chi connectivity index (χ2v) is 20.8. The van der Waals surface area contributed by atoms with Crippen LogP contribution in [0.3, 0.4) is 0 Å². The summed E-state index contributed by atoms with van der Waals surface area (Å²) in [7, 11) is 0. The molecule has 0 unspecified atom stereocenters. The monoisotopic (exact) mass is 938 g/mol. The molecule has 71 heavy (non-hydrogen) atoms. The molecule has 0 saturated heterocycles. The molecule has 0 aliphatic heterocycles. The van der Waals surface area contributed by atoms with Crippen LogP contribution < -0.4 is 0 Å². The second-order valence-electron chi connectivity index (χ2n) is 18.7. The Kier molecular flexibility index (Phi) is 8.17. The van der Waals surface area contributed by atoms with E-state index in [2.05, 4.69) is 244 Å². The summed E-state index contributed by atoms with van der Waals surface area (Å²) in [6.45, 7) is 0. The Morgan fingerprint density at radius 2 is 0.676 bits per heavy atom. The van der Waals surface area contributed by atoms with Crippen molar-refractivity contribution in [3.8, 4) is 39.6 Å². The number of benzene rings is 10. The summed E-state index contributed by atoms with van der Waals surface area (Å²) < 4.78 is 12.5. The van der Waals surface area contributed by atoms with E-state index in [1.54, 1.807) is 0 Å². The number of aromatic nitrogens is 4. The van der Waals surface area contributed by atoms with Crippen molar-refractivity contribution in [1.29, 1.82) is 0 Å². The van der Waals surface area contributed by atoms with E-state index in [1.165, 1.54) is 94.7 Å². The van der Waals surface area contributed by atoms with Crippen LogP contribution in [0, 0.1) is 0 Å². The Hall–Kier alpha value is -8.81. The average Bonchev–Trinajstić information content (AvgIpc) is 4.24. The minimum Gasteiger partial charge on any atom is -0.309 e. The quantitative estimate of drug-likeness (QED) is 0.169. The van der Waals surface area contributed by atoms with Gasteiger partial charge in [0.25, 0.3) is 0 Å². The van der Waals surface area contributed by atoms with Crippen LogP contribution in [0.25, 0.3) is 145 Å². The molecule has 6 heterocycles. The molecule has 4 nitrogen and oxygen atoms in total. The Morgan fingerprint density at radius 3 is 1.21 bits per heavy atom. The van der Waals surface area contributed by atoms with Crippen molar-refractivity contribution in [2.45, 2.75) is 0 Å². The molecule has 0 N–H and O–H groups in total. The van der Waals surface area contributed by atoms with Crippen molar-refractivity contribution >= 4 is 128 Å². The fraction of sp³-hybridized carbons (Fsp3) is 0. The maximum absolute atomic E-state index is 5.59. The Bertz CT molecular complexity index is 4700. The third kappa shape index (κ3) is 5.68. The van der Waals surface area contributed by atoms with Gasteiger partial charge in [0.1, 0.15) is 0 Å². The maximum Gasteiger partial charge on any atom is 0.0730 e. The molecule has 6 aromatic heterocycles. The van der Waals surface area contributed by atoms with Gasteiger partial charge >= 0.3 is 0 Å². The molecule has 0 spiro atoms. The van der Waals surface area contributed by atoms with Crippen molar-refractivity contribution in [3.63, 3.8) is 0 Å². The molecule has 330 valence electrons. The molecule has 0 saturated carbocycles. The summed E-state index contributed by atoms with van der Waals surface area (Å²) in [4.78, 5) is 5.59. The number of hydrogen-bond acceptors (Lipinski definition) is 3. The maximum atomic E-state index is 5.59.